The van der Waals surface area contributed by atoms with Crippen molar-refractivity contribution in [3.05, 3.63) is 54.1 Å². The molecule has 0 amide bonds. The summed E-state index contributed by atoms with van der Waals surface area (Å²) in [5, 5.41) is 11.0. The molecule has 3 heteroatoms. The Balaban J connectivity index is 2.12. The fourth-order valence-electron chi connectivity index (χ4n) is 3.10. The van der Waals surface area contributed by atoms with Crippen LogP contribution >= 0.6 is 0 Å². The number of benzene rings is 2. The van der Waals surface area contributed by atoms with E-state index in [1.165, 1.54) is 0 Å². The summed E-state index contributed by atoms with van der Waals surface area (Å²) in [4.78, 5) is 4.77. The van der Waals surface area contributed by atoms with Gasteiger partial charge in [0, 0.05) is 16.5 Å². The molecule has 0 fully saturated rings. The van der Waals surface area contributed by atoms with Crippen LogP contribution in [0.3, 0.4) is 0 Å². The van der Waals surface area contributed by atoms with Crippen LogP contribution in [0.2, 0.25) is 0 Å². The van der Waals surface area contributed by atoms with Gasteiger partial charge in [-0.25, -0.2) is 4.98 Å². The van der Waals surface area contributed by atoms with E-state index >= 15 is 0 Å². The number of hydrogen-bond donors (Lipinski definition) is 1. The van der Waals surface area contributed by atoms with E-state index in [1.807, 2.05) is 36.4 Å². The van der Waals surface area contributed by atoms with Gasteiger partial charge >= 0.3 is 0 Å². The summed E-state index contributed by atoms with van der Waals surface area (Å²) >= 11 is 0. The molecule has 1 N–H and O–H groups in total. The first kappa shape index (κ1) is 13.1. The molecular formula is C19H17NO2. The highest BCUT2D eigenvalue weighted by Crippen LogP contribution is 2.46. The van der Waals surface area contributed by atoms with Crippen molar-refractivity contribution in [3.8, 4) is 22.8 Å². The monoisotopic (exact) mass is 291 g/mol. The van der Waals surface area contributed by atoms with Crippen molar-refractivity contribution in [2.24, 2.45) is 0 Å². The van der Waals surface area contributed by atoms with Gasteiger partial charge in [-0.15, -0.1) is 0 Å². The summed E-state index contributed by atoms with van der Waals surface area (Å²) < 4.78 is 6.27. The molecule has 1 aromatic heterocycles. The van der Waals surface area contributed by atoms with Crippen LogP contribution in [0.25, 0.3) is 22.2 Å². The summed E-state index contributed by atoms with van der Waals surface area (Å²) in [6.07, 6.45) is 0.848. The Bertz CT molecular complexity index is 888. The standard InChI is InChI=1S/C19H17NO2/c1-3-19(2)14-11-12-7-6-9-15(21)17(12)20-18(14)13-8-4-5-10-16(13)22-19/h4-11,21H,3H2,1-2H3. The fourth-order valence-corrected chi connectivity index (χ4v) is 3.10. The van der Waals surface area contributed by atoms with Gasteiger partial charge in [-0.3, -0.25) is 0 Å². The first-order valence-electron chi connectivity index (χ1n) is 7.54. The van der Waals surface area contributed by atoms with Gasteiger partial charge in [0.2, 0.25) is 0 Å². The topological polar surface area (TPSA) is 42.4 Å². The lowest BCUT2D eigenvalue weighted by Crippen LogP contribution is -2.32. The van der Waals surface area contributed by atoms with Gasteiger partial charge in [0.05, 0.1) is 5.69 Å². The Labute approximate surface area is 129 Å². The maximum Gasteiger partial charge on any atom is 0.141 e. The number of phenolic OH excluding ortho intramolecular Hbond substituents is 1. The zero-order valence-corrected chi connectivity index (χ0v) is 12.6. The van der Waals surface area contributed by atoms with E-state index in [0.29, 0.717) is 5.52 Å². The maximum atomic E-state index is 10.1. The Morgan fingerprint density at radius 3 is 2.77 bits per heavy atom. The fraction of sp³-hybridized carbons (Fsp3) is 0.211. The van der Waals surface area contributed by atoms with Crippen molar-refractivity contribution >= 4 is 10.9 Å². The third kappa shape index (κ3) is 1.72. The van der Waals surface area contributed by atoms with Crippen molar-refractivity contribution in [3.63, 3.8) is 0 Å². The minimum absolute atomic E-state index is 0.211. The molecule has 3 aromatic rings. The summed E-state index contributed by atoms with van der Waals surface area (Å²) in [5.41, 5.74) is 3.19. The molecule has 2 aromatic carbocycles. The van der Waals surface area contributed by atoms with Gasteiger partial charge in [0.1, 0.15) is 22.6 Å². The number of pyridine rings is 1. The van der Waals surface area contributed by atoms with Crippen LogP contribution in [0, 0.1) is 0 Å². The van der Waals surface area contributed by atoms with Gasteiger partial charge in [-0.05, 0) is 37.6 Å². The quantitative estimate of drug-likeness (QED) is 0.711. The number of nitrogens with zero attached hydrogens (tertiary/aromatic N) is 1. The van der Waals surface area contributed by atoms with Gasteiger partial charge in [-0.2, -0.15) is 0 Å². The van der Waals surface area contributed by atoms with E-state index in [1.54, 1.807) is 6.07 Å². The van der Waals surface area contributed by atoms with Gasteiger partial charge in [0.25, 0.3) is 0 Å². The van der Waals surface area contributed by atoms with E-state index in [0.717, 1.165) is 34.4 Å². The van der Waals surface area contributed by atoms with Crippen LogP contribution in [0.4, 0.5) is 0 Å². The second-order valence-corrected chi connectivity index (χ2v) is 5.92. The minimum atomic E-state index is -0.406. The number of para-hydroxylation sites is 2. The van der Waals surface area contributed by atoms with Crippen LogP contribution in [-0.4, -0.2) is 10.1 Å². The first-order chi connectivity index (χ1) is 10.6. The number of aromatic hydroxyl groups is 1. The summed E-state index contributed by atoms with van der Waals surface area (Å²) in [6, 6.07) is 15.5. The Morgan fingerprint density at radius 2 is 1.95 bits per heavy atom. The van der Waals surface area contributed by atoms with E-state index < -0.39 is 5.60 Å². The van der Waals surface area contributed by atoms with E-state index in [-0.39, 0.29) is 5.75 Å². The van der Waals surface area contributed by atoms with Crippen molar-refractivity contribution in [2.75, 3.05) is 0 Å². The number of hydrogen-bond acceptors (Lipinski definition) is 3. The van der Waals surface area contributed by atoms with Crippen LogP contribution in [0.1, 0.15) is 25.8 Å². The molecule has 1 atom stereocenters. The van der Waals surface area contributed by atoms with E-state index in [2.05, 4.69) is 19.9 Å². The minimum Gasteiger partial charge on any atom is -0.506 e. The van der Waals surface area contributed by atoms with Gasteiger partial charge < -0.3 is 9.84 Å². The zero-order valence-electron chi connectivity index (χ0n) is 12.6. The van der Waals surface area contributed by atoms with Crippen LogP contribution in [-0.2, 0) is 5.60 Å². The predicted molar refractivity (Wildman–Crippen MR) is 87.1 cm³/mol. The highest BCUT2D eigenvalue weighted by atomic mass is 16.5. The molecule has 2 heterocycles. The normalized spacial score (nSPS) is 19.4. The molecule has 0 radical (unpaired) electrons. The molecule has 0 bridgehead atoms. The Morgan fingerprint density at radius 1 is 1.14 bits per heavy atom. The SMILES string of the molecule is CCC1(C)Oc2ccccc2-c2nc3c(O)cccc3cc21. The molecule has 1 aliphatic rings. The third-order valence-corrected chi connectivity index (χ3v) is 4.55. The molecule has 110 valence electrons. The van der Waals surface area contributed by atoms with Crippen molar-refractivity contribution in [1.29, 1.82) is 0 Å². The van der Waals surface area contributed by atoms with Crippen molar-refractivity contribution < 1.29 is 9.84 Å². The number of rotatable bonds is 1. The van der Waals surface area contributed by atoms with Crippen LogP contribution in [0.15, 0.2) is 48.5 Å². The predicted octanol–water partition coefficient (Wildman–Crippen LogP) is 4.63. The Kier molecular flexibility index (Phi) is 2.67. The summed E-state index contributed by atoms with van der Waals surface area (Å²) in [7, 11) is 0. The average molecular weight is 291 g/mol. The lowest BCUT2D eigenvalue weighted by Gasteiger charge is -2.36. The lowest BCUT2D eigenvalue weighted by atomic mass is 9.85. The second-order valence-electron chi connectivity index (χ2n) is 5.92. The number of ether oxygens (including phenoxy) is 1. The molecule has 0 aliphatic carbocycles. The molecule has 22 heavy (non-hydrogen) atoms. The molecule has 1 unspecified atom stereocenters. The molecular weight excluding hydrogens is 274 g/mol. The third-order valence-electron chi connectivity index (χ3n) is 4.55. The average Bonchev–Trinajstić information content (AvgIpc) is 2.54. The number of aromatic nitrogens is 1. The zero-order chi connectivity index (χ0) is 15.3. The second kappa shape index (κ2) is 4.47. The Hall–Kier alpha value is -2.55. The largest absolute Gasteiger partial charge is 0.506 e. The highest BCUT2D eigenvalue weighted by Gasteiger charge is 2.36. The molecule has 4 rings (SSSR count). The number of fused-ring (bicyclic) bond motifs is 4. The van der Waals surface area contributed by atoms with Crippen LogP contribution < -0.4 is 4.74 Å². The summed E-state index contributed by atoms with van der Waals surface area (Å²) in [6.45, 7) is 4.21. The van der Waals surface area contributed by atoms with Crippen molar-refractivity contribution in [2.45, 2.75) is 25.9 Å². The molecule has 3 nitrogen and oxygen atoms in total. The first-order valence-corrected chi connectivity index (χ1v) is 7.54. The number of phenols is 1. The maximum absolute atomic E-state index is 10.1. The van der Waals surface area contributed by atoms with E-state index in [9.17, 15) is 5.11 Å². The molecule has 1 aliphatic heterocycles. The van der Waals surface area contributed by atoms with Gasteiger partial charge in [0.15, 0.2) is 0 Å². The highest BCUT2D eigenvalue weighted by molar-refractivity contribution is 5.89. The van der Waals surface area contributed by atoms with Gasteiger partial charge in [-0.1, -0.05) is 31.2 Å². The van der Waals surface area contributed by atoms with E-state index in [4.69, 9.17) is 9.72 Å². The smallest absolute Gasteiger partial charge is 0.141 e. The van der Waals surface area contributed by atoms with Crippen molar-refractivity contribution in [1.82, 2.24) is 4.98 Å². The summed E-state index contributed by atoms with van der Waals surface area (Å²) in [5.74, 6) is 1.06. The lowest BCUT2D eigenvalue weighted by molar-refractivity contribution is 0.0794. The van der Waals surface area contributed by atoms with Crippen LogP contribution in [0.5, 0.6) is 11.5 Å². The molecule has 0 spiro atoms. The molecule has 0 saturated heterocycles. The molecule has 0 saturated carbocycles.